The highest BCUT2D eigenvalue weighted by Gasteiger charge is 2.33. The molecule has 1 amide bonds. The number of nitrogens with zero attached hydrogens (tertiary/aromatic N) is 3. The minimum absolute atomic E-state index is 0.0305. The number of phenols is 1. The van der Waals surface area contributed by atoms with Crippen LogP contribution in [0.15, 0.2) is 49.1 Å². The number of amides is 1. The Bertz CT molecular complexity index is 994. The maximum atomic E-state index is 11.9. The number of rotatable bonds is 3. The van der Waals surface area contributed by atoms with Crippen LogP contribution in [0.1, 0.15) is 18.5 Å². The second-order valence-corrected chi connectivity index (χ2v) is 6.81. The molecule has 132 valence electrons. The fraction of sp³-hybridized carbons (Fsp3) is 0.250. The number of fused-ring (bicyclic) bond motifs is 1. The molecule has 1 aromatic carbocycles. The van der Waals surface area contributed by atoms with Gasteiger partial charge in [0.1, 0.15) is 5.75 Å². The molecule has 0 unspecified atom stereocenters. The van der Waals surface area contributed by atoms with Crippen LogP contribution in [0.5, 0.6) is 5.75 Å². The lowest BCUT2D eigenvalue weighted by atomic mass is 9.95. The van der Waals surface area contributed by atoms with Gasteiger partial charge in [0.05, 0.1) is 5.69 Å². The van der Waals surface area contributed by atoms with E-state index in [0.29, 0.717) is 29.4 Å². The van der Waals surface area contributed by atoms with E-state index in [4.69, 9.17) is 0 Å². The summed E-state index contributed by atoms with van der Waals surface area (Å²) in [4.78, 5) is 17.1. The molecule has 2 aromatic heterocycles. The maximum Gasteiger partial charge on any atom is 0.245 e. The monoisotopic (exact) mass is 348 g/mol. The van der Waals surface area contributed by atoms with Crippen LogP contribution in [-0.2, 0) is 4.79 Å². The molecule has 2 atom stereocenters. The lowest BCUT2D eigenvalue weighted by molar-refractivity contribution is -0.125. The normalized spacial score (nSPS) is 19.8. The van der Waals surface area contributed by atoms with E-state index < -0.39 is 0 Å². The first-order valence-electron chi connectivity index (χ1n) is 8.63. The molecule has 1 saturated heterocycles. The van der Waals surface area contributed by atoms with Crippen LogP contribution in [-0.4, -0.2) is 44.2 Å². The predicted octanol–water partition coefficient (Wildman–Crippen LogP) is 3.08. The topological polar surface area (TPSA) is 82.1 Å². The third-order valence-electron chi connectivity index (χ3n) is 5.08. The number of carbonyl (C=O) groups excluding carboxylic acids is 1. The van der Waals surface area contributed by atoms with Gasteiger partial charge >= 0.3 is 0 Å². The molecule has 4 rings (SSSR count). The summed E-state index contributed by atoms with van der Waals surface area (Å²) in [6.07, 6.45) is 1.37. The number of carbonyl (C=O) groups is 1. The molecule has 1 aliphatic heterocycles. The van der Waals surface area contributed by atoms with Crippen LogP contribution >= 0.6 is 0 Å². The van der Waals surface area contributed by atoms with Crippen molar-refractivity contribution in [2.45, 2.75) is 12.8 Å². The Morgan fingerprint density at radius 2 is 2.12 bits per heavy atom. The van der Waals surface area contributed by atoms with Gasteiger partial charge in [-0.3, -0.25) is 4.79 Å². The Kier molecular flexibility index (Phi) is 3.95. The van der Waals surface area contributed by atoms with E-state index >= 15 is 0 Å². The Hall–Kier alpha value is -3.15. The average Bonchev–Trinajstić information content (AvgIpc) is 3.24. The van der Waals surface area contributed by atoms with Crippen molar-refractivity contribution in [3.8, 4) is 17.0 Å². The van der Waals surface area contributed by atoms with Crippen molar-refractivity contribution in [1.29, 1.82) is 0 Å². The van der Waals surface area contributed by atoms with Crippen molar-refractivity contribution in [2.75, 3.05) is 13.1 Å². The van der Waals surface area contributed by atoms with Gasteiger partial charge in [-0.05, 0) is 36.3 Å². The van der Waals surface area contributed by atoms with Gasteiger partial charge in [-0.2, -0.15) is 0 Å². The van der Waals surface area contributed by atoms with Gasteiger partial charge in [0, 0.05) is 35.7 Å². The molecule has 0 saturated carbocycles. The van der Waals surface area contributed by atoms with E-state index in [1.165, 1.54) is 6.08 Å². The van der Waals surface area contributed by atoms with Crippen LogP contribution in [0.2, 0.25) is 0 Å². The van der Waals surface area contributed by atoms with Gasteiger partial charge in [-0.25, -0.2) is 0 Å². The SMILES string of the molecule is C=CC(=O)N1C[C@H](C)[C@H](c2cc3cc(-c4ccccc4O)nnc3[nH]2)C1. The molecular formula is C20H20N4O2. The van der Waals surface area contributed by atoms with Crippen LogP contribution in [0, 0.1) is 5.92 Å². The van der Waals surface area contributed by atoms with Gasteiger partial charge in [0.25, 0.3) is 0 Å². The van der Waals surface area contributed by atoms with E-state index in [-0.39, 0.29) is 17.6 Å². The molecule has 0 aliphatic carbocycles. The zero-order valence-corrected chi connectivity index (χ0v) is 14.5. The first-order valence-corrected chi connectivity index (χ1v) is 8.63. The molecule has 1 fully saturated rings. The number of phenolic OH excluding ortho intramolecular Hbond substituents is 1. The number of aromatic hydroxyl groups is 1. The fourth-order valence-electron chi connectivity index (χ4n) is 3.66. The number of aromatic nitrogens is 3. The van der Waals surface area contributed by atoms with Gasteiger partial charge in [-0.15, -0.1) is 10.2 Å². The number of likely N-dealkylation sites (tertiary alicyclic amines) is 1. The van der Waals surface area contributed by atoms with E-state index in [1.54, 1.807) is 12.1 Å². The van der Waals surface area contributed by atoms with E-state index in [2.05, 4.69) is 34.8 Å². The number of nitrogens with one attached hydrogen (secondary N) is 1. The lowest BCUT2D eigenvalue weighted by Gasteiger charge is -2.13. The summed E-state index contributed by atoms with van der Waals surface area (Å²) in [6, 6.07) is 11.1. The molecule has 2 N–H and O–H groups in total. The smallest absolute Gasteiger partial charge is 0.245 e. The van der Waals surface area contributed by atoms with Gasteiger partial charge < -0.3 is 15.0 Å². The fourth-order valence-corrected chi connectivity index (χ4v) is 3.66. The molecule has 0 bridgehead atoms. The number of para-hydroxylation sites is 1. The zero-order chi connectivity index (χ0) is 18.3. The molecule has 26 heavy (non-hydrogen) atoms. The Labute approximate surface area is 151 Å². The summed E-state index contributed by atoms with van der Waals surface area (Å²) in [5.74, 6) is 0.719. The number of hydrogen-bond acceptors (Lipinski definition) is 4. The summed E-state index contributed by atoms with van der Waals surface area (Å²) in [5.41, 5.74) is 3.04. The highest BCUT2D eigenvalue weighted by Crippen LogP contribution is 2.34. The quantitative estimate of drug-likeness (QED) is 0.713. The highest BCUT2D eigenvalue weighted by atomic mass is 16.3. The van der Waals surface area contributed by atoms with E-state index in [9.17, 15) is 9.90 Å². The van der Waals surface area contributed by atoms with Gasteiger partial charge in [0.2, 0.25) is 5.91 Å². The van der Waals surface area contributed by atoms with Crippen LogP contribution in [0.25, 0.3) is 22.3 Å². The summed E-state index contributed by atoms with van der Waals surface area (Å²) in [7, 11) is 0. The van der Waals surface area contributed by atoms with Crippen molar-refractivity contribution in [3.63, 3.8) is 0 Å². The Balaban J connectivity index is 1.67. The van der Waals surface area contributed by atoms with Crippen LogP contribution < -0.4 is 0 Å². The predicted molar refractivity (Wildman–Crippen MR) is 99.7 cm³/mol. The molecule has 3 heterocycles. The molecule has 3 aromatic rings. The molecule has 6 heteroatoms. The van der Waals surface area contributed by atoms with Crippen molar-refractivity contribution in [2.24, 2.45) is 5.92 Å². The number of benzene rings is 1. The first-order chi connectivity index (χ1) is 12.6. The second kappa shape index (κ2) is 6.29. The van der Waals surface area contributed by atoms with Gasteiger partial charge in [-0.1, -0.05) is 25.6 Å². The molecule has 1 aliphatic rings. The summed E-state index contributed by atoms with van der Waals surface area (Å²) < 4.78 is 0. The Morgan fingerprint density at radius 3 is 2.88 bits per heavy atom. The number of hydrogen-bond donors (Lipinski definition) is 2. The van der Waals surface area contributed by atoms with Crippen molar-refractivity contribution in [1.82, 2.24) is 20.1 Å². The first kappa shape index (κ1) is 16.3. The van der Waals surface area contributed by atoms with Gasteiger partial charge in [0.15, 0.2) is 5.65 Å². The summed E-state index contributed by atoms with van der Waals surface area (Å²) in [6.45, 7) is 7.10. The third kappa shape index (κ3) is 2.73. The van der Waals surface area contributed by atoms with Crippen LogP contribution in [0.3, 0.4) is 0 Å². The molecular weight excluding hydrogens is 328 g/mol. The number of aromatic amines is 1. The van der Waals surface area contributed by atoms with Crippen molar-refractivity contribution in [3.05, 3.63) is 54.7 Å². The summed E-state index contributed by atoms with van der Waals surface area (Å²) in [5, 5.41) is 19.5. The van der Waals surface area contributed by atoms with Crippen LogP contribution in [0.4, 0.5) is 0 Å². The van der Waals surface area contributed by atoms with Crippen molar-refractivity contribution < 1.29 is 9.90 Å². The third-order valence-corrected chi connectivity index (χ3v) is 5.08. The van der Waals surface area contributed by atoms with E-state index in [0.717, 1.165) is 17.6 Å². The Morgan fingerprint density at radius 1 is 1.31 bits per heavy atom. The van der Waals surface area contributed by atoms with Crippen molar-refractivity contribution >= 4 is 16.9 Å². The van der Waals surface area contributed by atoms with E-state index in [1.807, 2.05) is 23.1 Å². The maximum absolute atomic E-state index is 11.9. The molecule has 0 radical (unpaired) electrons. The minimum Gasteiger partial charge on any atom is -0.507 e. The standard InChI is InChI=1S/C20H20N4O2/c1-3-19(26)24-10-12(2)15(11-24)16-8-13-9-17(22-23-20(13)21-16)14-6-4-5-7-18(14)25/h3-9,12,15,25H,1,10-11H2,2H3,(H,21,23)/t12-,15+/m0/s1. The average molecular weight is 348 g/mol. The number of H-pyrrole nitrogens is 1. The lowest BCUT2D eigenvalue weighted by Crippen LogP contribution is -2.26. The zero-order valence-electron chi connectivity index (χ0n) is 14.5. The second-order valence-electron chi connectivity index (χ2n) is 6.81. The molecule has 0 spiro atoms. The highest BCUT2D eigenvalue weighted by molar-refractivity contribution is 5.87. The largest absolute Gasteiger partial charge is 0.507 e. The molecule has 6 nitrogen and oxygen atoms in total. The minimum atomic E-state index is -0.0305. The summed E-state index contributed by atoms with van der Waals surface area (Å²) >= 11 is 0.